The van der Waals surface area contributed by atoms with Crippen molar-refractivity contribution in [1.29, 1.82) is 0 Å². The highest BCUT2D eigenvalue weighted by atomic mass is 35.5. The van der Waals surface area contributed by atoms with Crippen LogP contribution in [0.25, 0.3) is 22.3 Å². The Hall–Kier alpha value is -2.29. The average Bonchev–Trinajstić information content (AvgIpc) is 3.13. The van der Waals surface area contributed by atoms with E-state index in [0.717, 1.165) is 42.1 Å². The normalized spacial score (nSPS) is 28.6. The van der Waals surface area contributed by atoms with Crippen molar-refractivity contribution in [2.75, 3.05) is 18.5 Å². The number of imidazole rings is 1. The molecule has 0 unspecified atom stereocenters. The highest BCUT2D eigenvalue weighted by Gasteiger charge is 2.59. The van der Waals surface area contributed by atoms with E-state index in [-0.39, 0.29) is 29.8 Å². The largest absolute Gasteiger partial charge is 0.389 e. The molecule has 3 aliphatic carbocycles. The first-order valence-corrected chi connectivity index (χ1v) is 12.0. The van der Waals surface area contributed by atoms with Crippen LogP contribution in [0.1, 0.15) is 56.8 Å². The molecule has 9 heteroatoms. The lowest BCUT2D eigenvalue weighted by Gasteiger charge is -2.60. The number of benzene rings is 1. The highest BCUT2D eigenvalue weighted by Crippen LogP contribution is 2.64. The molecule has 3 N–H and O–H groups in total. The van der Waals surface area contributed by atoms with E-state index in [1.54, 1.807) is 0 Å². The van der Waals surface area contributed by atoms with E-state index in [4.69, 9.17) is 21.3 Å². The summed E-state index contributed by atoms with van der Waals surface area (Å²) in [6.07, 6.45) is 4.93. The molecular weight excluding hydrogens is 445 g/mol. The minimum absolute atomic E-state index is 0.0872. The monoisotopic (exact) mass is 471 g/mol. The maximum absolute atomic E-state index is 15.3. The van der Waals surface area contributed by atoms with Crippen LogP contribution in [0.2, 0.25) is 5.02 Å². The van der Waals surface area contributed by atoms with Gasteiger partial charge < -0.3 is 20.1 Å². The summed E-state index contributed by atoms with van der Waals surface area (Å²) in [5.74, 6) is 1.76. The molecule has 174 valence electrons. The number of hydrogen-bond acceptors (Lipinski definition) is 6. The van der Waals surface area contributed by atoms with Crippen LogP contribution in [0.4, 0.5) is 10.3 Å². The standard InChI is InChI=1S/C24H27ClFN5O2/c1-11(2)18-13(5-15(26)20-21(18)30-22(29-20)24-6-12(7-24)8-24)19-14(25)9-27-23(31-19)28-16-3-4-33-10-17(16)32/h5,9,11-12,16-17,32H,3-4,6-8,10H2,1-2H3,(H,29,30)(H,27,28,31)/t12?,16-,17-,24?/m1/s1. The topological polar surface area (TPSA) is 96.0 Å². The third kappa shape index (κ3) is 3.33. The van der Waals surface area contributed by atoms with Gasteiger partial charge in [0.15, 0.2) is 5.82 Å². The van der Waals surface area contributed by atoms with Gasteiger partial charge in [-0.05, 0) is 49.1 Å². The van der Waals surface area contributed by atoms with Gasteiger partial charge in [-0.3, -0.25) is 0 Å². The number of aromatic nitrogens is 4. The van der Waals surface area contributed by atoms with Crippen molar-refractivity contribution < 1.29 is 14.2 Å². The van der Waals surface area contributed by atoms with Crippen molar-refractivity contribution in [3.05, 3.63) is 34.5 Å². The van der Waals surface area contributed by atoms with Gasteiger partial charge in [-0.1, -0.05) is 25.4 Å². The van der Waals surface area contributed by atoms with Crippen molar-refractivity contribution in [2.24, 2.45) is 5.92 Å². The number of nitrogens with zero attached hydrogens (tertiary/aromatic N) is 3. The zero-order valence-electron chi connectivity index (χ0n) is 18.7. The molecule has 1 aromatic carbocycles. The minimum atomic E-state index is -0.651. The summed E-state index contributed by atoms with van der Waals surface area (Å²) in [7, 11) is 0. The quantitative estimate of drug-likeness (QED) is 0.505. The molecule has 4 aliphatic rings. The second-order valence-electron chi connectivity index (χ2n) is 10.1. The second-order valence-corrected chi connectivity index (χ2v) is 10.5. The van der Waals surface area contributed by atoms with E-state index >= 15 is 4.39 Å². The van der Waals surface area contributed by atoms with Crippen LogP contribution in [0, 0.1) is 11.7 Å². The van der Waals surface area contributed by atoms with Crippen molar-refractivity contribution in [2.45, 2.75) is 63.0 Å². The highest BCUT2D eigenvalue weighted by molar-refractivity contribution is 6.33. The Balaban J connectivity index is 1.44. The Kier molecular flexibility index (Phi) is 4.91. The van der Waals surface area contributed by atoms with Gasteiger partial charge in [0.25, 0.3) is 0 Å². The van der Waals surface area contributed by atoms with Crippen LogP contribution in [0.3, 0.4) is 0 Å². The minimum Gasteiger partial charge on any atom is -0.389 e. The molecule has 33 heavy (non-hydrogen) atoms. The Morgan fingerprint density at radius 3 is 2.76 bits per heavy atom. The molecule has 1 aliphatic heterocycles. The van der Waals surface area contributed by atoms with E-state index < -0.39 is 6.10 Å². The summed E-state index contributed by atoms with van der Waals surface area (Å²) in [4.78, 5) is 17.1. The zero-order chi connectivity index (χ0) is 22.9. The lowest BCUT2D eigenvalue weighted by molar-refractivity contribution is -0.0337. The maximum Gasteiger partial charge on any atom is 0.223 e. The van der Waals surface area contributed by atoms with Crippen molar-refractivity contribution >= 4 is 28.6 Å². The summed E-state index contributed by atoms with van der Waals surface area (Å²) in [5.41, 5.74) is 3.25. The number of aliphatic hydroxyl groups excluding tert-OH is 1. The van der Waals surface area contributed by atoms with E-state index in [9.17, 15) is 5.11 Å². The zero-order valence-corrected chi connectivity index (χ0v) is 19.4. The number of nitrogens with one attached hydrogen (secondary N) is 2. The fraction of sp³-hybridized carbons (Fsp3) is 0.542. The number of fused-ring (bicyclic) bond motifs is 1. The molecular formula is C24H27ClFN5O2. The van der Waals surface area contributed by atoms with E-state index in [1.165, 1.54) is 12.3 Å². The maximum atomic E-state index is 15.3. The third-order valence-corrected chi connectivity index (χ3v) is 7.80. The molecule has 4 fully saturated rings. The van der Waals surface area contributed by atoms with Gasteiger partial charge in [-0.2, -0.15) is 0 Å². The first-order valence-electron chi connectivity index (χ1n) is 11.6. The third-order valence-electron chi connectivity index (χ3n) is 7.52. The van der Waals surface area contributed by atoms with Crippen molar-refractivity contribution in [3.8, 4) is 11.3 Å². The Morgan fingerprint density at radius 2 is 2.09 bits per heavy atom. The summed E-state index contributed by atoms with van der Waals surface area (Å²) in [5, 5.41) is 13.7. The molecule has 7 nitrogen and oxygen atoms in total. The molecule has 0 radical (unpaired) electrons. The summed E-state index contributed by atoms with van der Waals surface area (Å²) in [6, 6.07) is 1.27. The first kappa shape index (κ1) is 21.3. The van der Waals surface area contributed by atoms with Crippen molar-refractivity contribution in [3.63, 3.8) is 0 Å². The number of hydrogen-bond donors (Lipinski definition) is 3. The fourth-order valence-electron chi connectivity index (χ4n) is 5.65. The van der Waals surface area contributed by atoms with Gasteiger partial charge in [-0.15, -0.1) is 0 Å². The van der Waals surface area contributed by atoms with E-state index in [2.05, 4.69) is 34.1 Å². The van der Waals surface area contributed by atoms with Gasteiger partial charge in [0.05, 0.1) is 41.2 Å². The Morgan fingerprint density at radius 1 is 1.30 bits per heavy atom. The van der Waals surface area contributed by atoms with Crippen LogP contribution < -0.4 is 5.32 Å². The van der Waals surface area contributed by atoms with Gasteiger partial charge in [0, 0.05) is 17.6 Å². The average molecular weight is 472 g/mol. The van der Waals surface area contributed by atoms with Crippen LogP contribution in [0.15, 0.2) is 12.3 Å². The van der Waals surface area contributed by atoms with E-state index in [0.29, 0.717) is 40.8 Å². The molecule has 0 amide bonds. The van der Waals surface area contributed by atoms with Crippen LogP contribution >= 0.6 is 11.6 Å². The molecule has 0 spiro atoms. The smallest absolute Gasteiger partial charge is 0.223 e. The number of rotatable bonds is 5. The number of aliphatic hydroxyl groups is 1. The molecule has 2 bridgehead atoms. The first-order chi connectivity index (χ1) is 15.8. The molecule has 3 aromatic rings. The summed E-state index contributed by atoms with van der Waals surface area (Å²) in [6.45, 7) is 4.97. The fourth-order valence-corrected chi connectivity index (χ4v) is 5.84. The van der Waals surface area contributed by atoms with Gasteiger partial charge >= 0.3 is 0 Å². The Labute approximate surface area is 196 Å². The number of ether oxygens (including phenoxy) is 1. The SMILES string of the molecule is CC(C)c1c(-c2nc(N[C@@H]3CCOC[C@H]3O)ncc2Cl)cc(F)c2nc(C34CC(C3)C4)[nH]c12. The molecule has 2 aromatic heterocycles. The number of halogens is 2. The van der Waals surface area contributed by atoms with Gasteiger partial charge in [0.1, 0.15) is 11.3 Å². The molecule has 1 saturated heterocycles. The lowest BCUT2D eigenvalue weighted by atomic mass is 9.44. The molecule has 2 atom stereocenters. The van der Waals surface area contributed by atoms with Crippen molar-refractivity contribution in [1.82, 2.24) is 19.9 Å². The lowest BCUT2D eigenvalue weighted by Crippen LogP contribution is -2.55. The predicted octanol–water partition coefficient (Wildman–Crippen LogP) is 4.55. The van der Waals surface area contributed by atoms with Crippen LogP contribution in [-0.4, -0.2) is 50.4 Å². The van der Waals surface area contributed by atoms with Gasteiger partial charge in [-0.25, -0.2) is 19.3 Å². The predicted molar refractivity (Wildman–Crippen MR) is 124 cm³/mol. The van der Waals surface area contributed by atoms with Gasteiger partial charge in [0.2, 0.25) is 5.95 Å². The molecule has 3 saturated carbocycles. The molecule has 7 rings (SSSR count). The van der Waals surface area contributed by atoms with Crippen LogP contribution in [-0.2, 0) is 10.2 Å². The molecule has 3 heterocycles. The summed E-state index contributed by atoms with van der Waals surface area (Å²) >= 11 is 6.53. The number of H-pyrrole nitrogens is 1. The number of aromatic amines is 1. The second kappa shape index (κ2) is 7.61. The summed E-state index contributed by atoms with van der Waals surface area (Å²) < 4.78 is 20.6. The van der Waals surface area contributed by atoms with Crippen LogP contribution in [0.5, 0.6) is 0 Å². The van der Waals surface area contributed by atoms with E-state index in [1.807, 2.05) is 0 Å². The number of anilines is 1. The Bertz CT molecular complexity index is 1230.